The maximum absolute atomic E-state index is 13.5. The summed E-state index contributed by atoms with van der Waals surface area (Å²) in [5.74, 6) is -0.530. The van der Waals surface area contributed by atoms with E-state index in [1.807, 2.05) is 45.9 Å². The van der Waals surface area contributed by atoms with Crippen molar-refractivity contribution in [3.05, 3.63) is 74.9 Å². The molecule has 0 saturated heterocycles. The largest absolute Gasteiger partial charge is 0.352 e. The molecule has 0 aliphatic rings. The van der Waals surface area contributed by atoms with E-state index in [9.17, 15) is 19.2 Å². The predicted octanol–water partition coefficient (Wildman–Crippen LogP) is 2.58. The van der Waals surface area contributed by atoms with Gasteiger partial charge in [0.05, 0.1) is 10.9 Å². The number of amides is 2. The van der Waals surface area contributed by atoms with E-state index in [0.29, 0.717) is 11.3 Å². The first-order valence-electron chi connectivity index (χ1n) is 11.9. The van der Waals surface area contributed by atoms with Crippen molar-refractivity contribution in [2.75, 3.05) is 11.9 Å². The van der Waals surface area contributed by atoms with Crippen molar-refractivity contribution in [1.82, 2.24) is 24.1 Å². The molecule has 2 aromatic carbocycles. The van der Waals surface area contributed by atoms with E-state index in [-0.39, 0.29) is 52.7 Å². The van der Waals surface area contributed by atoms with Gasteiger partial charge < -0.3 is 10.2 Å². The molecule has 2 amide bonds. The topological polar surface area (TPSA) is 111 Å². The van der Waals surface area contributed by atoms with E-state index in [2.05, 4.69) is 10.4 Å². The summed E-state index contributed by atoms with van der Waals surface area (Å²) in [6.07, 6.45) is 0.764. The van der Waals surface area contributed by atoms with Crippen LogP contribution < -0.4 is 21.5 Å². The van der Waals surface area contributed by atoms with Gasteiger partial charge in [-0.2, -0.15) is 0 Å². The number of para-hydroxylation sites is 1. The van der Waals surface area contributed by atoms with Crippen molar-refractivity contribution in [2.45, 2.75) is 52.7 Å². The first-order chi connectivity index (χ1) is 17.1. The van der Waals surface area contributed by atoms with Crippen LogP contribution in [-0.4, -0.2) is 43.7 Å². The summed E-state index contributed by atoms with van der Waals surface area (Å²) >= 11 is 0. The number of carbonyl (C=O) groups excluding carboxylic acids is 2. The Bertz CT molecular complexity index is 1560. The molecule has 0 radical (unpaired) electrons. The van der Waals surface area contributed by atoms with Crippen LogP contribution in [0.15, 0.2) is 58.1 Å². The lowest BCUT2D eigenvalue weighted by atomic mass is 10.1. The second-order valence-corrected chi connectivity index (χ2v) is 9.15. The average Bonchev–Trinajstić information content (AvgIpc) is 3.18. The molecule has 36 heavy (non-hydrogen) atoms. The third kappa shape index (κ3) is 4.41. The van der Waals surface area contributed by atoms with E-state index in [1.165, 1.54) is 19.9 Å². The van der Waals surface area contributed by atoms with Crippen LogP contribution in [0.4, 0.5) is 5.69 Å². The number of fused-ring (bicyclic) bond motifs is 3. The first kappa shape index (κ1) is 24.9. The number of hydrogen-bond donors (Lipinski definition) is 1. The van der Waals surface area contributed by atoms with Gasteiger partial charge in [-0.05, 0) is 57.5 Å². The fourth-order valence-electron chi connectivity index (χ4n) is 4.03. The summed E-state index contributed by atoms with van der Waals surface area (Å²) in [5.41, 5.74) is 0.375. The summed E-state index contributed by atoms with van der Waals surface area (Å²) in [6.45, 7) is 7.19. The molecule has 2 heterocycles. The SMILES string of the molecule is CCC(C)NC(=O)c1ccc2c(=O)n(C(C)C)c3nn(CC(=O)N(C)c4ccccc4)c(=O)n3c2c1. The summed E-state index contributed by atoms with van der Waals surface area (Å²) in [6, 6.07) is 13.4. The Balaban J connectivity index is 1.87. The molecule has 10 heteroatoms. The molecule has 1 atom stereocenters. The predicted molar refractivity (Wildman–Crippen MR) is 139 cm³/mol. The Hall–Kier alpha value is -4.21. The molecular formula is C26H30N6O4. The van der Waals surface area contributed by atoms with Crippen LogP contribution >= 0.6 is 0 Å². The van der Waals surface area contributed by atoms with Crippen molar-refractivity contribution in [3.8, 4) is 0 Å². The van der Waals surface area contributed by atoms with E-state index in [4.69, 9.17) is 0 Å². The number of hydrogen-bond acceptors (Lipinski definition) is 5. The van der Waals surface area contributed by atoms with Gasteiger partial charge >= 0.3 is 5.69 Å². The zero-order valence-electron chi connectivity index (χ0n) is 21.1. The van der Waals surface area contributed by atoms with Crippen molar-refractivity contribution < 1.29 is 9.59 Å². The van der Waals surface area contributed by atoms with Gasteiger partial charge in [0.15, 0.2) is 0 Å². The summed E-state index contributed by atoms with van der Waals surface area (Å²) in [7, 11) is 1.63. The third-order valence-corrected chi connectivity index (χ3v) is 6.30. The normalized spacial score (nSPS) is 12.3. The number of carbonyl (C=O) groups is 2. The monoisotopic (exact) mass is 490 g/mol. The molecule has 0 fully saturated rings. The van der Waals surface area contributed by atoms with E-state index >= 15 is 0 Å². The van der Waals surface area contributed by atoms with Crippen LogP contribution in [0.3, 0.4) is 0 Å². The lowest BCUT2D eigenvalue weighted by molar-refractivity contribution is -0.119. The highest BCUT2D eigenvalue weighted by atomic mass is 16.2. The Kier molecular flexibility index (Phi) is 6.78. The molecule has 1 unspecified atom stereocenters. The van der Waals surface area contributed by atoms with E-state index in [0.717, 1.165) is 11.1 Å². The zero-order valence-corrected chi connectivity index (χ0v) is 21.1. The van der Waals surface area contributed by atoms with Gasteiger partial charge in [0.2, 0.25) is 11.7 Å². The molecule has 0 saturated carbocycles. The number of rotatable bonds is 7. The number of nitrogens with one attached hydrogen (secondary N) is 1. The highest BCUT2D eigenvalue weighted by Crippen LogP contribution is 2.17. The molecular weight excluding hydrogens is 460 g/mol. The molecule has 1 N–H and O–H groups in total. The standard InChI is InChI=1S/C26H30N6O4/c1-6-17(4)27-23(34)18-12-13-20-21(14-18)32-25(31(16(2)3)24(20)35)28-30(26(32)36)15-22(33)29(5)19-10-8-7-9-11-19/h7-14,16-17H,6,15H2,1-5H3,(H,27,34). The van der Waals surface area contributed by atoms with Crippen LogP contribution in [0.2, 0.25) is 0 Å². The number of nitrogens with zero attached hydrogens (tertiary/aromatic N) is 5. The third-order valence-electron chi connectivity index (χ3n) is 6.30. The number of aromatic nitrogens is 4. The molecule has 4 rings (SSSR count). The van der Waals surface area contributed by atoms with Gasteiger partial charge in [-0.3, -0.25) is 19.0 Å². The Labute approximate surface area is 207 Å². The second-order valence-electron chi connectivity index (χ2n) is 9.15. The average molecular weight is 491 g/mol. The van der Waals surface area contributed by atoms with Crippen LogP contribution in [0, 0.1) is 0 Å². The minimum Gasteiger partial charge on any atom is -0.350 e. The van der Waals surface area contributed by atoms with Gasteiger partial charge in [0.1, 0.15) is 6.54 Å². The van der Waals surface area contributed by atoms with Crippen LogP contribution in [0.25, 0.3) is 16.7 Å². The Morgan fingerprint density at radius 3 is 2.39 bits per heavy atom. The molecule has 2 aromatic heterocycles. The number of benzene rings is 2. The zero-order chi connectivity index (χ0) is 26.1. The quantitative estimate of drug-likeness (QED) is 0.428. The van der Waals surface area contributed by atoms with Crippen molar-refractivity contribution in [2.24, 2.45) is 0 Å². The molecule has 10 nitrogen and oxygen atoms in total. The van der Waals surface area contributed by atoms with Crippen LogP contribution in [0.1, 0.15) is 50.5 Å². The molecule has 0 aliphatic heterocycles. The van der Waals surface area contributed by atoms with E-state index < -0.39 is 5.69 Å². The second kappa shape index (κ2) is 9.80. The number of likely N-dealkylation sites (N-methyl/N-ethyl adjacent to an activating group) is 1. The molecule has 0 spiro atoms. The van der Waals surface area contributed by atoms with Gasteiger partial charge in [-0.15, -0.1) is 5.10 Å². The van der Waals surface area contributed by atoms with Crippen molar-refractivity contribution >= 4 is 34.2 Å². The van der Waals surface area contributed by atoms with E-state index in [1.54, 1.807) is 31.3 Å². The van der Waals surface area contributed by atoms with Gasteiger partial charge in [-0.1, -0.05) is 25.1 Å². The minimum atomic E-state index is -0.571. The van der Waals surface area contributed by atoms with Gasteiger partial charge in [0, 0.05) is 30.4 Å². The molecule has 4 aromatic rings. The lowest BCUT2D eigenvalue weighted by Crippen LogP contribution is -2.34. The Morgan fingerprint density at radius 1 is 1.06 bits per heavy atom. The van der Waals surface area contributed by atoms with Crippen LogP contribution in [-0.2, 0) is 11.3 Å². The first-order valence-corrected chi connectivity index (χ1v) is 11.9. The highest BCUT2D eigenvalue weighted by molar-refractivity contribution is 5.98. The fraction of sp³-hybridized carbons (Fsp3) is 0.346. The van der Waals surface area contributed by atoms with Crippen molar-refractivity contribution in [3.63, 3.8) is 0 Å². The van der Waals surface area contributed by atoms with Crippen molar-refractivity contribution in [1.29, 1.82) is 0 Å². The lowest BCUT2D eigenvalue weighted by Gasteiger charge is -2.16. The summed E-state index contributed by atoms with van der Waals surface area (Å²) in [4.78, 5) is 54.0. The summed E-state index contributed by atoms with van der Waals surface area (Å²) < 4.78 is 3.78. The Morgan fingerprint density at radius 2 is 1.75 bits per heavy atom. The summed E-state index contributed by atoms with van der Waals surface area (Å²) in [5, 5.41) is 7.56. The van der Waals surface area contributed by atoms with Gasteiger partial charge in [0.25, 0.3) is 11.5 Å². The molecule has 0 bridgehead atoms. The van der Waals surface area contributed by atoms with Crippen LogP contribution in [0.5, 0.6) is 0 Å². The fourth-order valence-corrected chi connectivity index (χ4v) is 4.03. The highest BCUT2D eigenvalue weighted by Gasteiger charge is 2.22. The smallest absolute Gasteiger partial charge is 0.350 e. The molecule has 0 aliphatic carbocycles. The van der Waals surface area contributed by atoms with Gasteiger partial charge in [-0.25, -0.2) is 13.9 Å². The number of anilines is 1. The molecule has 188 valence electrons. The maximum Gasteiger partial charge on any atom is 0.352 e. The minimum absolute atomic E-state index is 0.0275. The maximum atomic E-state index is 13.5.